The van der Waals surface area contributed by atoms with E-state index in [9.17, 15) is 9.59 Å². The lowest BCUT2D eigenvalue weighted by Crippen LogP contribution is -2.19. The van der Waals surface area contributed by atoms with Gasteiger partial charge in [0.1, 0.15) is 5.56 Å². The Hall–Kier alpha value is -1.78. The molecule has 104 valence electrons. The van der Waals surface area contributed by atoms with Crippen LogP contribution in [0.3, 0.4) is 0 Å². The Balaban J connectivity index is 2.42. The zero-order valence-corrected chi connectivity index (χ0v) is 12.1. The van der Waals surface area contributed by atoms with Crippen LogP contribution >= 0.6 is 23.2 Å². The summed E-state index contributed by atoms with van der Waals surface area (Å²) in [7, 11) is 0. The molecule has 0 bridgehead atoms. The van der Waals surface area contributed by atoms with E-state index in [1.807, 2.05) is 0 Å². The summed E-state index contributed by atoms with van der Waals surface area (Å²) in [5.41, 5.74) is 0.782. The number of halogens is 2. The highest BCUT2D eigenvalue weighted by atomic mass is 35.5. The highest BCUT2D eigenvalue weighted by Crippen LogP contribution is 2.23. The first-order valence-electron chi connectivity index (χ1n) is 5.77. The molecule has 1 N–H and O–H groups in total. The second kappa shape index (κ2) is 5.69. The Labute approximate surface area is 125 Å². The molecule has 1 heterocycles. The van der Waals surface area contributed by atoms with E-state index in [-0.39, 0.29) is 5.56 Å². The maximum Gasteiger partial charge on any atom is 0.341 e. The molecular formula is C14H11Cl2NO3. The average molecular weight is 312 g/mol. The number of carboxylic acid groups (broad SMARTS) is 1. The number of aromatic nitrogens is 1. The third-order valence-electron chi connectivity index (χ3n) is 2.91. The molecule has 0 saturated heterocycles. The summed E-state index contributed by atoms with van der Waals surface area (Å²) in [6.07, 6.45) is 1.34. The van der Waals surface area contributed by atoms with Gasteiger partial charge in [0.2, 0.25) is 0 Å². The van der Waals surface area contributed by atoms with Crippen molar-refractivity contribution in [2.45, 2.75) is 13.5 Å². The molecule has 1 aromatic carbocycles. The van der Waals surface area contributed by atoms with Gasteiger partial charge >= 0.3 is 5.97 Å². The standard InChI is InChI=1S/C14H11Cl2NO3/c1-8-4-13(18)10(14(19)20)7-17(8)6-9-2-3-11(15)12(16)5-9/h2-5,7H,6H2,1H3,(H,19,20). The Kier molecular flexibility index (Phi) is 4.16. The van der Waals surface area contributed by atoms with Gasteiger partial charge in [-0.1, -0.05) is 29.3 Å². The quantitative estimate of drug-likeness (QED) is 0.947. The molecule has 1 aromatic heterocycles. The highest BCUT2D eigenvalue weighted by molar-refractivity contribution is 6.42. The van der Waals surface area contributed by atoms with E-state index in [0.717, 1.165) is 5.56 Å². The van der Waals surface area contributed by atoms with Crippen LogP contribution in [0.15, 0.2) is 35.3 Å². The van der Waals surface area contributed by atoms with Crippen LogP contribution < -0.4 is 5.43 Å². The molecule has 4 nitrogen and oxygen atoms in total. The van der Waals surface area contributed by atoms with Crippen LogP contribution in [-0.2, 0) is 6.54 Å². The van der Waals surface area contributed by atoms with Crippen molar-refractivity contribution in [3.63, 3.8) is 0 Å². The van der Waals surface area contributed by atoms with Gasteiger partial charge in [0, 0.05) is 24.5 Å². The molecule has 0 radical (unpaired) electrons. The van der Waals surface area contributed by atoms with Crippen LogP contribution in [0.2, 0.25) is 10.0 Å². The van der Waals surface area contributed by atoms with Gasteiger partial charge < -0.3 is 9.67 Å². The van der Waals surface area contributed by atoms with E-state index in [4.69, 9.17) is 28.3 Å². The van der Waals surface area contributed by atoms with Crippen molar-refractivity contribution in [3.05, 3.63) is 67.6 Å². The van der Waals surface area contributed by atoms with Gasteiger partial charge in [0.25, 0.3) is 0 Å². The molecule has 2 aromatic rings. The second-order valence-corrected chi connectivity index (χ2v) is 5.19. The predicted molar refractivity (Wildman–Crippen MR) is 78.0 cm³/mol. The molecule has 0 fully saturated rings. The largest absolute Gasteiger partial charge is 0.477 e. The van der Waals surface area contributed by atoms with Crippen LogP contribution in [0.1, 0.15) is 21.6 Å². The number of rotatable bonds is 3. The first-order chi connectivity index (χ1) is 9.38. The van der Waals surface area contributed by atoms with E-state index in [1.165, 1.54) is 12.3 Å². The van der Waals surface area contributed by atoms with Gasteiger partial charge in [0.15, 0.2) is 5.43 Å². The molecule has 0 aliphatic heterocycles. The maximum absolute atomic E-state index is 11.6. The second-order valence-electron chi connectivity index (χ2n) is 4.37. The van der Waals surface area contributed by atoms with Crippen LogP contribution in [0.4, 0.5) is 0 Å². The summed E-state index contributed by atoms with van der Waals surface area (Å²) in [4.78, 5) is 22.5. The molecule has 0 aliphatic rings. The number of pyridine rings is 1. The zero-order chi connectivity index (χ0) is 14.9. The van der Waals surface area contributed by atoms with Crippen molar-refractivity contribution in [2.24, 2.45) is 0 Å². The molecule has 2 rings (SSSR count). The van der Waals surface area contributed by atoms with E-state index in [1.54, 1.807) is 29.7 Å². The first kappa shape index (κ1) is 14.6. The summed E-state index contributed by atoms with van der Waals surface area (Å²) in [5.74, 6) is -1.24. The van der Waals surface area contributed by atoms with E-state index in [2.05, 4.69) is 0 Å². The highest BCUT2D eigenvalue weighted by Gasteiger charge is 2.11. The predicted octanol–water partition coefficient (Wildman–Crippen LogP) is 3.21. The van der Waals surface area contributed by atoms with Crippen LogP contribution in [0, 0.1) is 6.92 Å². The fourth-order valence-electron chi connectivity index (χ4n) is 1.84. The van der Waals surface area contributed by atoms with Gasteiger partial charge in [-0.15, -0.1) is 0 Å². The number of hydrogen-bond donors (Lipinski definition) is 1. The number of carboxylic acids is 1. The molecule has 6 heteroatoms. The topological polar surface area (TPSA) is 59.3 Å². The van der Waals surface area contributed by atoms with Crippen molar-refractivity contribution in [3.8, 4) is 0 Å². The lowest BCUT2D eigenvalue weighted by Gasteiger charge is -2.12. The first-order valence-corrected chi connectivity index (χ1v) is 6.52. The Morgan fingerprint density at radius 3 is 2.55 bits per heavy atom. The van der Waals surface area contributed by atoms with Gasteiger partial charge in [0.05, 0.1) is 10.0 Å². The molecule has 0 spiro atoms. The molecule has 0 unspecified atom stereocenters. The van der Waals surface area contributed by atoms with Crippen molar-refractivity contribution in [2.75, 3.05) is 0 Å². The number of aryl methyl sites for hydroxylation is 1. The van der Waals surface area contributed by atoms with Crippen molar-refractivity contribution in [1.29, 1.82) is 0 Å². The van der Waals surface area contributed by atoms with Crippen LogP contribution in [0.5, 0.6) is 0 Å². The third-order valence-corrected chi connectivity index (χ3v) is 3.65. The number of aromatic carboxylic acids is 1. The van der Waals surface area contributed by atoms with Crippen LogP contribution in [-0.4, -0.2) is 15.6 Å². The maximum atomic E-state index is 11.6. The summed E-state index contributed by atoms with van der Waals surface area (Å²) in [6.45, 7) is 2.15. The molecule has 0 atom stereocenters. The Morgan fingerprint density at radius 1 is 1.25 bits per heavy atom. The molecule has 20 heavy (non-hydrogen) atoms. The number of hydrogen-bond acceptors (Lipinski definition) is 2. The Morgan fingerprint density at radius 2 is 1.95 bits per heavy atom. The van der Waals surface area contributed by atoms with Gasteiger partial charge in [-0.2, -0.15) is 0 Å². The molecule has 0 aliphatic carbocycles. The molecule has 0 saturated carbocycles. The van der Waals surface area contributed by atoms with Gasteiger partial charge in [-0.3, -0.25) is 4.79 Å². The van der Waals surface area contributed by atoms with Gasteiger partial charge in [-0.05, 0) is 24.6 Å². The van der Waals surface area contributed by atoms with E-state index in [0.29, 0.717) is 22.3 Å². The summed E-state index contributed by atoms with van der Waals surface area (Å²) in [5, 5.41) is 9.86. The van der Waals surface area contributed by atoms with Crippen molar-refractivity contribution >= 4 is 29.2 Å². The number of carbonyl (C=O) groups is 1. The summed E-state index contributed by atoms with van der Waals surface area (Å²) >= 11 is 11.8. The lowest BCUT2D eigenvalue weighted by atomic mass is 10.2. The smallest absolute Gasteiger partial charge is 0.341 e. The lowest BCUT2D eigenvalue weighted by molar-refractivity contribution is 0.0694. The number of nitrogens with zero attached hydrogens (tertiary/aromatic N) is 1. The zero-order valence-electron chi connectivity index (χ0n) is 10.6. The summed E-state index contributed by atoms with van der Waals surface area (Å²) < 4.78 is 1.68. The Bertz CT molecular complexity index is 738. The number of benzene rings is 1. The fraction of sp³-hybridized carbons (Fsp3) is 0.143. The van der Waals surface area contributed by atoms with Gasteiger partial charge in [-0.25, -0.2) is 4.79 Å². The average Bonchev–Trinajstić information content (AvgIpc) is 2.36. The van der Waals surface area contributed by atoms with E-state index < -0.39 is 11.4 Å². The van der Waals surface area contributed by atoms with Crippen LogP contribution in [0.25, 0.3) is 0 Å². The minimum absolute atomic E-state index is 0.254. The third kappa shape index (κ3) is 3.03. The normalized spacial score (nSPS) is 10.6. The minimum Gasteiger partial charge on any atom is -0.477 e. The summed E-state index contributed by atoms with van der Waals surface area (Å²) in [6, 6.07) is 6.49. The molecular weight excluding hydrogens is 301 g/mol. The molecule has 0 amide bonds. The minimum atomic E-state index is -1.24. The fourth-order valence-corrected chi connectivity index (χ4v) is 2.16. The van der Waals surface area contributed by atoms with Crippen molar-refractivity contribution < 1.29 is 9.90 Å². The van der Waals surface area contributed by atoms with Crippen molar-refractivity contribution in [1.82, 2.24) is 4.57 Å². The SMILES string of the molecule is Cc1cc(=O)c(C(=O)O)cn1Cc1ccc(Cl)c(Cl)c1. The van der Waals surface area contributed by atoms with E-state index >= 15 is 0 Å². The monoisotopic (exact) mass is 311 g/mol.